The molecule has 3 aromatic rings. The number of nitrogens with one attached hydrogen (secondary N) is 1. The van der Waals surface area contributed by atoms with Crippen LogP contribution in [-0.4, -0.2) is 42.6 Å². The molecule has 0 aliphatic rings. The smallest absolute Gasteiger partial charge is 0.408 e. The van der Waals surface area contributed by atoms with E-state index in [2.05, 4.69) is 10.3 Å². The molecule has 33 heavy (non-hydrogen) atoms. The average Bonchev–Trinajstić information content (AvgIpc) is 3.25. The van der Waals surface area contributed by atoms with Gasteiger partial charge in [0.25, 0.3) is 11.4 Å². The number of hydrogen-bond acceptors (Lipinski definition) is 8. The van der Waals surface area contributed by atoms with Gasteiger partial charge in [0.15, 0.2) is 0 Å². The number of carboxylic acid groups (broad SMARTS) is 1. The van der Waals surface area contributed by atoms with Crippen molar-refractivity contribution in [2.75, 3.05) is 0 Å². The minimum atomic E-state index is -1.37. The summed E-state index contributed by atoms with van der Waals surface area (Å²) in [6.45, 7) is -0.0442. The number of hydrogen-bond donors (Lipinski definition) is 2. The van der Waals surface area contributed by atoms with Crippen LogP contribution in [0.1, 0.15) is 11.3 Å². The molecule has 3 rings (SSSR count). The van der Waals surface area contributed by atoms with Gasteiger partial charge in [0, 0.05) is 18.7 Å². The van der Waals surface area contributed by atoms with E-state index < -0.39 is 39.3 Å². The summed E-state index contributed by atoms with van der Waals surface area (Å²) in [5.74, 6) is -1.33. The monoisotopic (exact) mass is 455 g/mol. The van der Waals surface area contributed by atoms with Crippen LogP contribution in [0.25, 0.3) is 5.69 Å². The lowest BCUT2D eigenvalue weighted by molar-refractivity contribution is -0.394. The molecule has 1 heterocycles. The number of non-ortho nitro benzene ring substituents is 1. The third-order valence-electron chi connectivity index (χ3n) is 4.50. The highest BCUT2D eigenvalue weighted by molar-refractivity contribution is 5.80. The molecule has 1 atom stereocenters. The zero-order valence-corrected chi connectivity index (χ0v) is 16.9. The van der Waals surface area contributed by atoms with Crippen LogP contribution in [0.15, 0.2) is 61.1 Å². The van der Waals surface area contributed by atoms with Crippen LogP contribution in [0, 0.1) is 20.2 Å². The van der Waals surface area contributed by atoms with E-state index >= 15 is 0 Å². The second-order valence-corrected chi connectivity index (χ2v) is 6.76. The maximum atomic E-state index is 12.0. The van der Waals surface area contributed by atoms with Crippen LogP contribution in [0.2, 0.25) is 0 Å². The number of nitrogens with zero attached hydrogens (tertiary/aromatic N) is 4. The predicted octanol–water partition coefficient (Wildman–Crippen LogP) is 2.61. The van der Waals surface area contributed by atoms with E-state index in [0.29, 0.717) is 0 Å². The number of carboxylic acids is 1. The number of nitro benzene ring substituents is 2. The molecule has 1 aromatic heterocycles. The van der Waals surface area contributed by atoms with Crippen LogP contribution in [-0.2, 0) is 22.6 Å². The van der Waals surface area contributed by atoms with E-state index in [1.54, 1.807) is 30.3 Å². The standard InChI is InChI=1S/C20H17N5O8/c26-19(27)16(22-20(28)33-11-13-4-2-1-3-5-13)8-14-10-23(12-21-14)17-7-6-15(24(29)30)9-18(17)25(31)32/h1-7,9-10,12,16H,8,11H2,(H,22,28)(H,26,27). The Bertz CT molecular complexity index is 1190. The molecular weight excluding hydrogens is 438 g/mol. The SMILES string of the molecule is O=C(NC(Cc1cn(-c2ccc([N+](=O)[O-])cc2[N+](=O)[O-])cn1)C(=O)O)OCc1ccccc1. The summed E-state index contributed by atoms with van der Waals surface area (Å²) < 4.78 is 6.26. The fraction of sp³-hybridized carbons (Fsp3) is 0.150. The van der Waals surface area contributed by atoms with Crippen molar-refractivity contribution in [3.05, 3.63) is 92.5 Å². The lowest BCUT2D eigenvalue weighted by Crippen LogP contribution is -2.42. The van der Waals surface area contributed by atoms with Gasteiger partial charge in [-0.3, -0.25) is 24.8 Å². The number of benzene rings is 2. The fourth-order valence-electron chi connectivity index (χ4n) is 2.91. The lowest BCUT2D eigenvalue weighted by atomic mass is 10.1. The van der Waals surface area contributed by atoms with Crippen molar-refractivity contribution >= 4 is 23.4 Å². The van der Waals surface area contributed by atoms with Crippen LogP contribution >= 0.6 is 0 Å². The van der Waals surface area contributed by atoms with Gasteiger partial charge in [-0.25, -0.2) is 14.6 Å². The Labute approximate surface area is 185 Å². The van der Waals surface area contributed by atoms with Gasteiger partial charge in [0.2, 0.25) is 0 Å². The Kier molecular flexibility index (Phi) is 6.93. The number of alkyl carbamates (subject to hydrolysis) is 1. The molecule has 2 N–H and O–H groups in total. The highest BCUT2D eigenvalue weighted by atomic mass is 16.6. The molecule has 0 aliphatic carbocycles. The summed E-state index contributed by atoms with van der Waals surface area (Å²) >= 11 is 0. The largest absolute Gasteiger partial charge is 0.480 e. The van der Waals surface area contributed by atoms with Crippen molar-refractivity contribution in [2.24, 2.45) is 0 Å². The highest BCUT2D eigenvalue weighted by Gasteiger charge is 2.24. The zero-order valence-electron chi connectivity index (χ0n) is 16.9. The first kappa shape index (κ1) is 22.9. The van der Waals surface area contributed by atoms with Crippen molar-refractivity contribution in [3.8, 4) is 5.69 Å². The minimum Gasteiger partial charge on any atom is -0.480 e. The number of ether oxygens (including phenoxy) is 1. The van der Waals surface area contributed by atoms with Crippen molar-refractivity contribution in [1.29, 1.82) is 0 Å². The first-order chi connectivity index (χ1) is 15.7. The van der Waals surface area contributed by atoms with Gasteiger partial charge in [-0.1, -0.05) is 30.3 Å². The third kappa shape index (κ3) is 5.88. The molecule has 13 nitrogen and oxygen atoms in total. The molecule has 0 saturated carbocycles. The van der Waals surface area contributed by atoms with Crippen molar-refractivity contribution in [3.63, 3.8) is 0 Å². The Morgan fingerprint density at radius 3 is 2.48 bits per heavy atom. The van der Waals surface area contributed by atoms with E-state index in [-0.39, 0.29) is 24.4 Å². The Morgan fingerprint density at radius 1 is 1.12 bits per heavy atom. The molecule has 1 amide bonds. The van der Waals surface area contributed by atoms with E-state index in [0.717, 1.165) is 17.7 Å². The first-order valence-corrected chi connectivity index (χ1v) is 9.40. The van der Waals surface area contributed by atoms with Gasteiger partial charge in [0.05, 0.1) is 27.9 Å². The van der Waals surface area contributed by atoms with Crippen LogP contribution in [0.4, 0.5) is 16.2 Å². The summed E-state index contributed by atoms with van der Waals surface area (Å²) in [5.41, 5.74) is -0.0340. The molecule has 2 aromatic carbocycles. The normalized spacial score (nSPS) is 11.4. The van der Waals surface area contributed by atoms with Gasteiger partial charge in [0.1, 0.15) is 18.3 Å². The first-order valence-electron chi connectivity index (χ1n) is 9.40. The molecule has 0 spiro atoms. The number of aromatic nitrogens is 2. The van der Waals surface area contributed by atoms with Crippen molar-refractivity contribution in [1.82, 2.24) is 14.9 Å². The lowest BCUT2D eigenvalue weighted by Gasteiger charge is -2.13. The third-order valence-corrected chi connectivity index (χ3v) is 4.50. The molecule has 0 saturated heterocycles. The molecule has 0 bridgehead atoms. The maximum absolute atomic E-state index is 12.0. The van der Waals surface area contributed by atoms with E-state index in [9.17, 15) is 34.9 Å². The Balaban J connectivity index is 1.71. The van der Waals surface area contributed by atoms with Crippen LogP contribution < -0.4 is 5.32 Å². The van der Waals surface area contributed by atoms with Gasteiger partial charge in [-0.2, -0.15) is 0 Å². The van der Waals surface area contributed by atoms with Crippen LogP contribution in [0.5, 0.6) is 0 Å². The van der Waals surface area contributed by atoms with Crippen LogP contribution in [0.3, 0.4) is 0 Å². The quantitative estimate of drug-likeness (QED) is 0.362. The Morgan fingerprint density at radius 2 is 1.85 bits per heavy atom. The van der Waals surface area contributed by atoms with Gasteiger partial charge < -0.3 is 15.2 Å². The predicted molar refractivity (Wildman–Crippen MR) is 112 cm³/mol. The highest BCUT2D eigenvalue weighted by Crippen LogP contribution is 2.28. The number of carbonyl (C=O) groups excluding carboxylic acids is 1. The second-order valence-electron chi connectivity index (χ2n) is 6.76. The zero-order chi connectivity index (χ0) is 24.0. The van der Waals surface area contributed by atoms with Gasteiger partial charge in [-0.05, 0) is 11.6 Å². The summed E-state index contributed by atoms with van der Waals surface area (Å²) in [6, 6.07) is 10.6. The number of imidazole rings is 1. The number of aliphatic carboxylic acids is 1. The summed E-state index contributed by atoms with van der Waals surface area (Å²) in [4.78, 5) is 48.3. The number of amides is 1. The summed E-state index contributed by atoms with van der Waals surface area (Å²) in [7, 11) is 0. The van der Waals surface area contributed by atoms with E-state index in [1.165, 1.54) is 23.2 Å². The van der Waals surface area contributed by atoms with Gasteiger partial charge in [-0.15, -0.1) is 0 Å². The molecule has 13 heteroatoms. The molecule has 1 unspecified atom stereocenters. The molecule has 0 radical (unpaired) electrons. The topological polar surface area (TPSA) is 180 Å². The van der Waals surface area contributed by atoms with Gasteiger partial charge >= 0.3 is 12.1 Å². The fourth-order valence-corrected chi connectivity index (χ4v) is 2.91. The Hall–Kier alpha value is -4.81. The molecule has 0 aliphatic heterocycles. The summed E-state index contributed by atoms with van der Waals surface area (Å²) in [5, 5.41) is 33.9. The number of carbonyl (C=O) groups is 2. The molecule has 0 fully saturated rings. The maximum Gasteiger partial charge on any atom is 0.408 e. The van der Waals surface area contributed by atoms with Crippen molar-refractivity contribution in [2.45, 2.75) is 19.1 Å². The molecule has 170 valence electrons. The second kappa shape index (κ2) is 10.00. The van der Waals surface area contributed by atoms with Crippen molar-refractivity contribution < 1.29 is 29.3 Å². The number of rotatable bonds is 9. The van der Waals surface area contributed by atoms with E-state index in [1.807, 2.05) is 0 Å². The average molecular weight is 455 g/mol. The molecular formula is C20H17N5O8. The summed E-state index contributed by atoms with van der Waals surface area (Å²) in [6.07, 6.45) is 1.37. The van der Waals surface area contributed by atoms with E-state index in [4.69, 9.17) is 4.74 Å². The number of nitro groups is 2. The minimum absolute atomic E-state index is 0.00598.